The fraction of sp³-hybridized carbons (Fsp3) is 0.421. The van der Waals surface area contributed by atoms with Crippen molar-refractivity contribution >= 4 is 28.3 Å². The number of halogens is 2. The smallest absolute Gasteiger partial charge is 0.339 e. The van der Waals surface area contributed by atoms with Crippen molar-refractivity contribution in [1.29, 1.82) is 0 Å². The Morgan fingerprint density at radius 2 is 1.85 bits per heavy atom. The molecule has 0 unspecified atom stereocenters. The molecule has 1 atom stereocenters. The van der Waals surface area contributed by atoms with Gasteiger partial charge in [-0.05, 0) is 31.9 Å². The summed E-state index contributed by atoms with van der Waals surface area (Å²) in [6.07, 6.45) is 5.42. The maximum atomic E-state index is 13.3. The molecule has 1 heterocycles. The van der Waals surface area contributed by atoms with Gasteiger partial charge in [-0.2, -0.15) is 0 Å². The fourth-order valence-electron chi connectivity index (χ4n) is 3.25. The molecule has 2 aromatic rings. The lowest BCUT2D eigenvalue weighted by Gasteiger charge is -2.33. The summed E-state index contributed by atoms with van der Waals surface area (Å²) in [5.74, 6) is -3.10. The Morgan fingerprint density at radius 1 is 1.19 bits per heavy atom. The van der Waals surface area contributed by atoms with Crippen molar-refractivity contribution in [3.63, 3.8) is 0 Å². The second kappa shape index (κ2) is 8.56. The Balaban J connectivity index is 1.75. The van der Waals surface area contributed by atoms with Crippen LogP contribution in [0.2, 0.25) is 0 Å². The number of hydrogen-bond acceptors (Lipinski definition) is 5. The molecule has 1 fully saturated rings. The molecule has 0 saturated heterocycles. The molecule has 144 valence electrons. The van der Waals surface area contributed by atoms with Crippen LogP contribution in [0.25, 0.3) is 0 Å². The Kier molecular flexibility index (Phi) is 6.15. The van der Waals surface area contributed by atoms with E-state index in [0.717, 1.165) is 44.2 Å². The van der Waals surface area contributed by atoms with E-state index in [0.29, 0.717) is 11.2 Å². The first-order valence-corrected chi connectivity index (χ1v) is 9.73. The van der Waals surface area contributed by atoms with E-state index < -0.39 is 23.7 Å². The number of anilines is 1. The van der Waals surface area contributed by atoms with Gasteiger partial charge in [0.1, 0.15) is 11.6 Å². The van der Waals surface area contributed by atoms with Crippen LogP contribution < -0.4 is 4.90 Å². The molecule has 0 aliphatic heterocycles. The number of hydrogen-bond donors (Lipinski definition) is 0. The van der Waals surface area contributed by atoms with Crippen molar-refractivity contribution in [2.45, 2.75) is 51.2 Å². The summed E-state index contributed by atoms with van der Waals surface area (Å²) < 4.78 is 31.8. The van der Waals surface area contributed by atoms with Crippen LogP contribution >= 0.6 is 11.3 Å². The highest BCUT2D eigenvalue weighted by molar-refractivity contribution is 7.13. The van der Waals surface area contributed by atoms with E-state index in [-0.39, 0.29) is 17.5 Å². The largest absolute Gasteiger partial charge is 0.449 e. The number of thiazole rings is 1. The number of esters is 1. The van der Waals surface area contributed by atoms with Crippen LogP contribution in [0.1, 0.15) is 49.4 Å². The number of aromatic nitrogens is 1. The molecule has 0 radical (unpaired) electrons. The summed E-state index contributed by atoms with van der Waals surface area (Å²) in [6.45, 7) is 1.46. The first-order chi connectivity index (χ1) is 13.0. The fourth-order valence-corrected chi connectivity index (χ4v) is 3.97. The van der Waals surface area contributed by atoms with E-state index in [9.17, 15) is 18.4 Å². The van der Waals surface area contributed by atoms with Crippen molar-refractivity contribution in [2.75, 3.05) is 4.90 Å². The number of carbonyl (C=O) groups is 2. The molecule has 1 amide bonds. The van der Waals surface area contributed by atoms with Crippen molar-refractivity contribution in [3.8, 4) is 0 Å². The number of carbonyl (C=O) groups excluding carboxylic acids is 2. The Hall–Kier alpha value is -2.35. The summed E-state index contributed by atoms with van der Waals surface area (Å²) in [4.78, 5) is 31.1. The molecule has 5 nitrogen and oxygen atoms in total. The summed E-state index contributed by atoms with van der Waals surface area (Å²) in [7, 11) is 0. The van der Waals surface area contributed by atoms with Crippen LogP contribution in [0, 0.1) is 11.6 Å². The maximum Gasteiger partial charge on any atom is 0.339 e. The van der Waals surface area contributed by atoms with E-state index in [1.54, 1.807) is 16.5 Å². The number of ether oxygens (including phenoxy) is 1. The van der Waals surface area contributed by atoms with E-state index in [2.05, 4.69) is 4.98 Å². The Bertz CT molecular complexity index is 787. The van der Waals surface area contributed by atoms with Crippen molar-refractivity contribution in [1.82, 2.24) is 4.98 Å². The molecule has 0 N–H and O–H groups in total. The number of rotatable bonds is 5. The van der Waals surface area contributed by atoms with Gasteiger partial charge in [-0.15, -0.1) is 11.3 Å². The van der Waals surface area contributed by atoms with Crippen LogP contribution in [0.15, 0.2) is 29.8 Å². The quantitative estimate of drug-likeness (QED) is 0.708. The molecule has 1 saturated carbocycles. The molecule has 3 rings (SSSR count). The monoisotopic (exact) mass is 394 g/mol. The number of nitrogens with zero attached hydrogens (tertiary/aromatic N) is 2. The summed E-state index contributed by atoms with van der Waals surface area (Å²) in [5, 5.41) is 2.34. The van der Waals surface area contributed by atoms with E-state index >= 15 is 0 Å². The molecule has 0 spiro atoms. The van der Waals surface area contributed by atoms with Crippen LogP contribution in [-0.2, 0) is 9.53 Å². The van der Waals surface area contributed by atoms with Gasteiger partial charge in [0.15, 0.2) is 11.2 Å². The Labute approximate surface area is 160 Å². The Morgan fingerprint density at radius 3 is 2.44 bits per heavy atom. The first kappa shape index (κ1) is 19.4. The van der Waals surface area contributed by atoms with Gasteiger partial charge >= 0.3 is 5.97 Å². The second-order valence-electron chi connectivity index (χ2n) is 6.52. The van der Waals surface area contributed by atoms with Gasteiger partial charge in [0, 0.05) is 23.7 Å². The molecule has 0 bridgehead atoms. The highest BCUT2D eigenvalue weighted by Crippen LogP contribution is 2.29. The first-order valence-electron chi connectivity index (χ1n) is 8.85. The van der Waals surface area contributed by atoms with E-state index in [1.807, 2.05) is 0 Å². The van der Waals surface area contributed by atoms with Gasteiger partial charge in [-0.1, -0.05) is 19.3 Å². The lowest BCUT2D eigenvalue weighted by Crippen LogP contribution is -2.47. The maximum absolute atomic E-state index is 13.3. The van der Waals surface area contributed by atoms with Crippen molar-refractivity contribution < 1.29 is 23.1 Å². The standard InChI is InChI=1S/C19H20F2N2O3S/c1-12(26-18(25)13-9-14(20)11-15(21)10-13)17(24)23(19-22-7-8-27-19)16-5-3-2-4-6-16/h7-12,16H,2-6H2,1H3/t12-/m1/s1. The molecule has 1 aromatic carbocycles. The second-order valence-corrected chi connectivity index (χ2v) is 7.39. The van der Waals surface area contributed by atoms with Crippen LogP contribution in [0.5, 0.6) is 0 Å². The summed E-state index contributed by atoms with van der Waals surface area (Å²) >= 11 is 1.34. The number of amides is 1. The van der Waals surface area contributed by atoms with Gasteiger partial charge in [0.2, 0.25) is 0 Å². The van der Waals surface area contributed by atoms with E-state index in [1.165, 1.54) is 18.3 Å². The lowest BCUT2D eigenvalue weighted by molar-refractivity contribution is -0.127. The zero-order valence-electron chi connectivity index (χ0n) is 14.9. The third-order valence-corrected chi connectivity index (χ3v) is 5.30. The van der Waals surface area contributed by atoms with Crippen LogP contribution in [-0.4, -0.2) is 29.0 Å². The van der Waals surface area contributed by atoms with Crippen molar-refractivity contribution in [3.05, 3.63) is 47.0 Å². The third kappa shape index (κ3) is 4.68. The van der Waals surface area contributed by atoms with Crippen molar-refractivity contribution in [2.24, 2.45) is 0 Å². The zero-order chi connectivity index (χ0) is 19.4. The minimum absolute atomic E-state index is 0.00478. The van der Waals surface area contributed by atoms with Gasteiger partial charge < -0.3 is 4.74 Å². The summed E-state index contributed by atoms with van der Waals surface area (Å²) in [5.41, 5.74) is -0.273. The third-order valence-electron chi connectivity index (χ3n) is 4.53. The molecule has 27 heavy (non-hydrogen) atoms. The highest BCUT2D eigenvalue weighted by atomic mass is 32.1. The zero-order valence-corrected chi connectivity index (χ0v) is 15.7. The van der Waals surface area contributed by atoms with Gasteiger partial charge in [0.05, 0.1) is 5.56 Å². The minimum atomic E-state index is -1.10. The minimum Gasteiger partial charge on any atom is -0.449 e. The molecule has 1 aromatic heterocycles. The van der Waals surface area contributed by atoms with Crippen LogP contribution in [0.3, 0.4) is 0 Å². The molecule has 1 aliphatic carbocycles. The predicted octanol–water partition coefficient (Wildman–Crippen LogP) is 4.33. The van der Waals surface area contributed by atoms with Gasteiger partial charge in [-0.25, -0.2) is 18.6 Å². The molecular formula is C19H20F2N2O3S. The topological polar surface area (TPSA) is 59.5 Å². The normalized spacial score (nSPS) is 16.0. The molecule has 1 aliphatic rings. The average Bonchev–Trinajstić information content (AvgIpc) is 3.16. The lowest BCUT2D eigenvalue weighted by atomic mass is 9.94. The SMILES string of the molecule is C[C@@H](OC(=O)c1cc(F)cc(F)c1)C(=O)N(c1nccs1)C1CCCCC1. The highest BCUT2D eigenvalue weighted by Gasteiger charge is 2.33. The predicted molar refractivity (Wildman–Crippen MR) is 97.7 cm³/mol. The summed E-state index contributed by atoms with van der Waals surface area (Å²) in [6, 6.07) is 2.42. The van der Waals surface area contributed by atoms with Gasteiger partial charge in [0.25, 0.3) is 5.91 Å². The number of benzene rings is 1. The average molecular weight is 394 g/mol. The van der Waals surface area contributed by atoms with Gasteiger partial charge in [-0.3, -0.25) is 9.69 Å². The van der Waals surface area contributed by atoms with E-state index in [4.69, 9.17) is 4.74 Å². The molecule has 8 heteroatoms. The molecular weight excluding hydrogens is 374 g/mol. The van der Waals surface area contributed by atoms with Crippen LogP contribution in [0.4, 0.5) is 13.9 Å².